The molecule has 20 heavy (non-hydrogen) atoms. The molecule has 1 amide bonds. The smallest absolute Gasteiger partial charge is 0.310 e. The van der Waals surface area contributed by atoms with Gasteiger partial charge in [-0.05, 0) is 26.0 Å². The summed E-state index contributed by atoms with van der Waals surface area (Å²) in [4.78, 5) is 23.1. The van der Waals surface area contributed by atoms with Gasteiger partial charge in [0.1, 0.15) is 0 Å². The Bertz CT molecular complexity index is 510. The quantitative estimate of drug-likeness (QED) is 0.826. The molecule has 0 aliphatic heterocycles. The molecule has 1 aromatic carbocycles. The molecule has 0 radical (unpaired) electrons. The average molecular weight is 281 g/mol. The van der Waals surface area contributed by atoms with E-state index in [0.29, 0.717) is 17.1 Å². The van der Waals surface area contributed by atoms with Crippen LogP contribution in [0.15, 0.2) is 18.2 Å². The molecule has 110 valence electrons. The number of ether oxygens (including phenoxy) is 2. The predicted molar refractivity (Wildman–Crippen MR) is 73.3 cm³/mol. The number of benzene rings is 1. The van der Waals surface area contributed by atoms with Crippen molar-refractivity contribution in [2.24, 2.45) is 5.41 Å². The molecule has 0 atom stereocenters. The molecule has 0 unspecified atom stereocenters. The van der Waals surface area contributed by atoms with Crippen molar-refractivity contribution in [3.8, 4) is 11.5 Å². The maximum absolute atomic E-state index is 12.1. The number of amides is 1. The minimum atomic E-state index is -1.04. The van der Waals surface area contributed by atoms with Gasteiger partial charge in [0.15, 0.2) is 11.5 Å². The molecule has 0 aromatic heterocycles. The van der Waals surface area contributed by atoms with Gasteiger partial charge in [-0.1, -0.05) is 6.07 Å². The Balaban J connectivity index is 2.91. The van der Waals surface area contributed by atoms with E-state index in [1.54, 1.807) is 32.0 Å². The second-order valence-corrected chi connectivity index (χ2v) is 4.91. The molecule has 0 fully saturated rings. The van der Waals surface area contributed by atoms with Crippen molar-refractivity contribution in [2.75, 3.05) is 20.8 Å². The first-order chi connectivity index (χ1) is 9.33. The lowest BCUT2D eigenvalue weighted by Gasteiger charge is -2.20. The summed E-state index contributed by atoms with van der Waals surface area (Å²) in [6.45, 7) is 3.10. The van der Waals surface area contributed by atoms with Crippen LogP contribution >= 0.6 is 0 Å². The molecule has 0 aliphatic carbocycles. The van der Waals surface area contributed by atoms with Crippen molar-refractivity contribution in [1.29, 1.82) is 0 Å². The highest BCUT2D eigenvalue weighted by Gasteiger charge is 2.28. The lowest BCUT2D eigenvalue weighted by Crippen LogP contribution is -2.39. The number of carboxylic acid groups (broad SMARTS) is 1. The molecule has 2 N–H and O–H groups in total. The Hall–Kier alpha value is -2.24. The van der Waals surface area contributed by atoms with Crippen LogP contribution in [0.1, 0.15) is 24.2 Å². The van der Waals surface area contributed by atoms with E-state index < -0.39 is 17.3 Å². The fourth-order valence-electron chi connectivity index (χ4n) is 1.54. The number of carbonyl (C=O) groups excluding carboxylic acids is 1. The molecule has 0 saturated carbocycles. The normalized spacial score (nSPS) is 10.8. The number of aliphatic carboxylic acids is 1. The van der Waals surface area contributed by atoms with E-state index in [1.165, 1.54) is 14.2 Å². The highest BCUT2D eigenvalue weighted by Crippen LogP contribution is 2.30. The third-order valence-electron chi connectivity index (χ3n) is 2.92. The van der Waals surface area contributed by atoms with Gasteiger partial charge in [-0.2, -0.15) is 0 Å². The van der Waals surface area contributed by atoms with Crippen LogP contribution in [-0.4, -0.2) is 37.7 Å². The summed E-state index contributed by atoms with van der Waals surface area (Å²) in [7, 11) is 2.92. The van der Waals surface area contributed by atoms with Gasteiger partial charge in [-0.15, -0.1) is 0 Å². The molecule has 6 heteroatoms. The number of carbonyl (C=O) groups is 2. The Morgan fingerprint density at radius 1 is 1.25 bits per heavy atom. The number of hydrogen-bond donors (Lipinski definition) is 2. The molecular formula is C14H19NO5. The second kappa shape index (κ2) is 6.27. The number of nitrogens with one attached hydrogen (secondary N) is 1. The highest BCUT2D eigenvalue weighted by molar-refractivity contribution is 5.98. The lowest BCUT2D eigenvalue weighted by molar-refractivity contribution is -0.146. The molecule has 0 bridgehead atoms. The maximum atomic E-state index is 12.1. The number of hydrogen-bond acceptors (Lipinski definition) is 4. The Kier molecular flexibility index (Phi) is 4.96. The third-order valence-corrected chi connectivity index (χ3v) is 2.92. The molecule has 0 spiro atoms. The van der Waals surface area contributed by atoms with Crippen LogP contribution in [0.2, 0.25) is 0 Å². The zero-order valence-electron chi connectivity index (χ0n) is 12.0. The topological polar surface area (TPSA) is 84.9 Å². The Morgan fingerprint density at radius 3 is 2.40 bits per heavy atom. The second-order valence-electron chi connectivity index (χ2n) is 4.91. The minimum absolute atomic E-state index is 0.0154. The summed E-state index contributed by atoms with van der Waals surface area (Å²) >= 11 is 0. The van der Waals surface area contributed by atoms with Crippen LogP contribution in [0, 0.1) is 5.41 Å². The largest absolute Gasteiger partial charge is 0.493 e. The monoisotopic (exact) mass is 281 g/mol. The van der Waals surface area contributed by atoms with Gasteiger partial charge < -0.3 is 19.9 Å². The molecular weight excluding hydrogens is 262 g/mol. The Morgan fingerprint density at radius 2 is 1.90 bits per heavy atom. The van der Waals surface area contributed by atoms with E-state index in [2.05, 4.69) is 5.32 Å². The summed E-state index contributed by atoms with van der Waals surface area (Å²) < 4.78 is 10.3. The van der Waals surface area contributed by atoms with Crippen molar-refractivity contribution in [2.45, 2.75) is 13.8 Å². The summed E-state index contributed by atoms with van der Waals surface area (Å²) in [5, 5.41) is 11.6. The van der Waals surface area contributed by atoms with Crippen LogP contribution in [0.4, 0.5) is 0 Å². The van der Waals surface area contributed by atoms with Crippen LogP contribution in [-0.2, 0) is 4.79 Å². The average Bonchev–Trinajstić information content (AvgIpc) is 2.43. The number of methoxy groups -OCH3 is 2. The van der Waals surface area contributed by atoms with Crippen LogP contribution in [0.5, 0.6) is 11.5 Å². The van der Waals surface area contributed by atoms with E-state index in [0.717, 1.165) is 0 Å². The van der Waals surface area contributed by atoms with Gasteiger partial charge in [0, 0.05) is 6.54 Å². The van der Waals surface area contributed by atoms with E-state index in [1.807, 2.05) is 0 Å². The van der Waals surface area contributed by atoms with Crippen molar-refractivity contribution < 1.29 is 24.2 Å². The first-order valence-electron chi connectivity index (χ1n) is 6.06. The zero-order valence-corrected chi connectivity index (χ0v) is 12.0. The molecule has 1 rings (SSSR count). The SMILES string of the molecule is COc1cccc(C(=O)NCC(C)(C)C(=O)O)c1OC. The van der Waals surface area contributed by atoms with Gasteiger partial charge in [-0.25, -0.2) is 0 Å². The number of rotatable bonds is 6. The van der Waals surface area contributed by atoms with Gasteiger partial charge in [0.25, 0.3) is 5.91 Å². The van der Waals surface area contributed by atoms with Gasteiger partial charge >= 0.3 is 5.97 Å². The van der Waals surface area contributed by atoms with Crippen LogP contribution < -0.4 is 14.8 Å². The third kappa shape index (κ3) is 3.40. The molecule has 6 nitrogen and oxygen atoms in total. The van der Waals surface area contributed by atoms with Crippen LogP contribution in [0.3, 0.4) is 0 Å². The first kappa shape index (κ1) is 15.8. The van der Waals surface area contributed by atoms with Crippen molar-refractivity contribution in [3.05, 3.63) is 23.8 Å². The van der Waals surface area contributed by atoms with Crippen molar-refractivity contribution >= 4 is 11.9 Å². The van der Waals surface area contributed by atoms with Crippen LogP contribution in [0.25, 0.3) is 0 Å². The summed E-state index contributed by atoms with van der Waals surface area (Å²) in [5.41, 5.74) is -0.741. The van der Waals surface area contributed by atoms with Crippen molar-refractivity contribution in [3.63, 3.8) is 0 Å². The number of para-hydroxylation sites is 1. The predicted octanol–water partition coefficient (Wildman–Crippen LogP) is 1.54. The van der Waals surface area contributed by atoms with E-state index in [-0.39, 0.29) is 6.54 Å². The molecule has 0 aliphatic rings. The molecule has 0 heterocycles. The molecule has 1 aromatic rings. The lowest BCUT2D eigenvalue weighted by atomic mass is 9.94. The molecule has 0 saturated heterocycles. The summed E-state index contributed by atoms with van der Waals surface area (Å²) in [6.07, 6.45) is 0. The summed E-state index contributed by atoms with van der Waals surface area (Å²) in [6, 6.07) is 4.93. The highest BCUT2D eigenvalue weighted by atomic mass is 16.5. The fourth-order valence-corrected chi connectivity index (χ4v) is 1.54. The summed E-state index contributed by atoms with van der Waals surface area (Å²) in [5.74, 6) is -0.622. The zero-order chi connectivity index (χ0) is 15.3. The first-order valence-corrected chi connectivity index (χ1v) is 6.06. The van der Waals surface area contributed by atoms with E-state index >= 15 is 0 Å². The van der Waals surface area contributed by atoms with E-state index in [4.69, 9.17) is 14.6 Å². The van der Waals surface area contributed by atoms with Gasteiger partial charge in [0.05, 0.1) is 25.2 Å². The maximum Gasteiger partial charge on any atom is 0.310 e. The Labute approximate surface area is 117 Å². The fraction of sp³-hybridized carbons (Fsp3) is 0.429. The van der Waals surface area contributed by atoms with E-state index in [9.17, 15) is 9.59 Å². The minimum Gasteiger partial charge on any atom is -0.493 e. The van der Waals surface area contributed by atoms with Crippen molar-refractivity contribution in [1.82, 2.24) is 5.32 Å². The standard InChI is InChI=1S/C14H19NO5/c1-14(2,13(17)18)8-15-12(16)9-6-5-7-10(19-3)11(9)20-4/h5-7H,8H2,1-4H3,(H,15,16)(H,17,18). The number of carboxylic acids is 1. The van der Waals surface area contributed by atoms with Gasteiger partial charge in [-0.3, -0.25) is 9.59 Å². The van der Waals surface area contributed by atoms with Gasteiger partial charge in [0.2, 0.25) is 0 Å².